The molecule has 1 fully saturated rings. The van der Waals surface area contributed by atoms with Crippen LogP contribution in [0.5, 0.6) is 0 Å². The molecule has 2 aromatic rings. The Morgan fingerprint density at radius 2 is 1.48 bits per heavy atom. The molecule has 3 atom stereocenters. The summed E-state index contributed by atoms with van der Waals surface area (Å²) in [5.41, 5.74) is 1.84. The van der Waals surface area contributed by atoms with Crippen molar-refractivity contribution in [3.8, 4) is 0 Å². The van der Waals surface area contributed by atoms with Crippen LogP contribution in [0.15, 0.2) is 60.7 Å². The highest BCUT2D eigenvalue weighted by molar-refractivity contribution is 6.53. The van der Waals surface area contributed by atoms with Crippen LogP contribution >= 0.6 is 23.2 Å². The Morgan fingerprint density at radius 1 is 0.963 bits per heavy atom. The highest BCUT2D eigenvalue weighted by Crippen LogP contribution is 2.46. The third-order valence-electron chi connectivity index (χ3n) is 5.23. The second kappa shape index (κ2) is 8.45. The molecule has 1 amide bonds. The van der Waals surface area contributed by atoms with Gasteiger partial charge in [0.1, 0.15) is 5.78 Å². The number of alkyl halides is 2. The summed E-state index contributed by atoms with van der Waals surface area (Å²) in [6.07, 6.45) is 0.266. The van der Waals surface area contributed by atoms with Crippen LogP contribution in [-0.4, -0.2) is 21.4 Å². The molecule has 0 saturated carbocycles. The Hall–Kier alpha value is -1.84. The predicted molar refractivity (Wildman–Crippen MR) is 109 cm³/mol. The number of hydrogen-bond donors (Lipinski definition) is 0. The molecule has 0 unspecified atom stereocenters. The van der Waals surface area contributed by atoms with Crippen molar-refractivity contribution < 1.29 is 9.59 Å². The van der Waals surface area contributed by atoms with Crippen LogP contribution in [0.4, 0.5) is 0 Å². The minimum atomic E-state index is -1.18. The maximum absolute atomic E-state index is 13.1. The fourth-order valence-corrected chi connectivity index (χ4v) is 4.30. The van der Waals surface area contributed by atoms with Crippen LogP contribution in [0.25, 0.3) is 0 Å². The van der Waals surface area contributed by atoms with Gasteiger partial charge in [-0.2, -0.15) is 0 Å². The van der Waals surface area contributed by atoms with Crippen LogP contribution in [0.1, 0.15) is 43.5 Å². The van der Waals surface area contributed by atoms with E-state index < -0.39 is 10.9 Å². The Kier molecular flexibility index (Phi) is 6.23. The third kappa shape index (κ3) is 4.04. The summed E-state index contributed by atoms with van der Waals surface area (Å²) < 4.78 is 0. The molecule has 3 rings (SSSR count). The highest BCUT2D eigenvalue weighted by Gasteiger charge is 2.47. The molecule has 0 N–H and O–H groups in total. The zero-order valence-corrected chi connectivity index (χ0v) is 16.9. The van der Waals surface area contributed by atoms with Crippen LogP contribution in [0.2, 0.25) is 0 Å². The first kappa shape index (κ1) is 19.9. The van der Waals surface area contributed by atoms with Gasteiger partial charge < -0.3 is 4.90 Å². The Balaban J connectivity index is 2.17. The lowest BCUT2D eigenvalue weighted by atomic mass is 9.74. The van der Waals surface area contributed by atoms with Crippen LogP contribution < -0.4 is 0 Å². The summed E-state index contributed by atoms with van der Waals surface area (Å²) in [6, 6.07) is 18.5. The van der Waals surface area contributed by atoms with Gasteiger partial charge in [-0.1, -0.05) is 97.7 Å². The molecule has 5 heteroatoms. The fraction of sp³-hybridized carbons (Fsp3) is 0.364. The molecule has 142 valence electrons. The Labute approximate surface area is 170 Å². The maximum atomic E-state index is 13.1. The first-order valence-electron chi connectivity index (χ1n) is 9.14. The summed E-state index contributed by atoms with van der Waals surface area (Å²) in [4.78, 5) is 26.8. The van der Waals surface area contributed by atoms with Crippen molar-refractivity contribution in [2.75, 3.05) is 0 Å². The molecule has 1 saturated heterocycles. The number of carbonyl (C=O) groups excluding carboxylic acids is 2. The smallest absolute Gasteiger partial charge is 0.256 e. The van der Waals surface area contributed by atoms with E-state index in [1.165, 1.54) is 0 Å². The normalized spacial score (nSPS) is 23.1. The van der Waals surface area contributed by atoms with Gasteiger partial charge in [-0.05, 0) is 17.0 Å². The van der Waals surface area contributed by atoms with E-state index in [0.29, 0.717) is 0 Å². The van der Waals surface area contributed by atoms with E-state index in [0.717, 1.165) is 11.1 Å². The molecule has 1 aliphatic heterocycles. The lowest BCUT2D eigenvalue weighted by molar-refractivity contribution is -0.147. The van der Waals surface area contributed by atoms with Gasteiger partial charge in [0, 0.05) is 12.3 Å². The molecule has 0 aromatic heterocycles. The quantitative estimate of drug-likeness (QED) is 0.645. The van der Waals surface area contributed by atoms with Crippen molar-refractivity contribution in [3.05, 3.63) is 71.8 Å². The number of nitrogens with zero attached hydrogens (tertiary/aromatic N) is 1. The topological polar surface area (TPSA) is 37.4 Å². The number of piperidine rings is 1. The molecule has 1 aliphatic rings. The van der Waals surface area contributed by atoms with E-state index in [1.807, 2.05) is 74.5 Å². The van der Waals surface area contributed by atoms with Crippen LogP contribution in [-0.2, 0) is 9.59 Å². The number of likely N-dealkylation sites (tertiary alicyclic amines) is 1. The van der Waals surface area contributed by atoms with Gasteiger partial charge in [-0.25, -0.2) is 0 Å². The first-order chi connectivity index (χ1) is 12.9. The molecule has 1 heterocycles. The van der Waals surface area contributed by atoms with E-state index in [-0.39, 0.29) is 36.0 Å². The molecule has 0 radical (unpaired) electrons. The lowest BCUT2D eigenvalue weighted by Gasteiger charge is -2.47. The monoisotopic (exact) mass is 403 g/mol. The summed E-state index contributed by atoms with van der Waals surface area (Å²) in [6.45, 7) is 4.03. The van der Waals surface area contributed by atoms with E-state index in [4.69, 9.17) is 23.2 Å². The maximum Gasteiger partial charge on any atom is 0.256 e. The average molecular weight is 404 g/mol. The van der Waals surface area contributed by atoms with Crippen molar-refractivity contribution >= 4 is 34.9 Å². The molecule has 2 aromatic carbocycles. The van der Waals surface area contributed by atoms with Gasteiger partial charge >= 0.3 is 0 Å². The second-order valence-electron chi connectivity index (χ2n) is 7.27. The SMILES string of the molecule is CC(C)[C@@H]1C(=O)C[C@@H](c2ccccc2)N(C(=O)C(Cl)Cl)[C@H]1c1ccccc1. The average Bonchev–Trinajstić information content (AvgIpc) is 2.67. The van der Waals surface area contributed by atoms with Crippen molar-refractivity contribution in [3.63, 3.8) is 0 Å². The zero-order valence-electron chi connectivity index (χ0n) is 15.4. The number of ketones is 1. The van der Waals surface area contributed by atoms with Crippen molar-refractivity contribution in [2.45, 2.75) is 37.2 Å². The van der Waals surface area contributed by atoms with Gasteiger partial charge in [-0.15, -0.1) is 0 Å². The molecule has 0 aliphatic carbocycles. The Morgan fingerprint density at radius 3 is 1.96 bits per heavy atom. The molecular formula is C22H23Cl2NO2. The fourth-order valence-electron chi connectivity index (χ4n) is 4.08. The van der Waals surface area contributed by atoms with Crippen LogP contribution in [0, 0.1) is 11.8 Å². The summed E-state index contributed by atoms with van der Waals surface area (Å²) in [5.74, 6) is -0.418. The summed E-state index contributed by atoms with van der Waals surface area (Å²) in [5, 5.41) is 0. The predicted octanol–water partition coefficient (Wildman–Crippen LogP) is 5.35. The third-order valence-corrected chi connectivity index (χ3v) is 5.60. The summed E-state index contributed by atoms with van der Waals surface area (Å²) in [7, 11) is 0. The van der Waals surface area contributed by atoms with E-state index in [1.54, 1.807) is 4.90 Å². The van der Waals surface area contributed by atoms with Crippen molar-refractivity contribution in [2.24, 2.45) is 11.8 Å². The summed E-state index contributed by atoms with van der Waals surface area (Å²) >= 11 is 12.0. The van der Waals surface area contributed by atoms with E-state index in [9.17, 15) is 9.59 Å². The molecule has 0 bridgehead atoms. The molecule has 3 nitrogen and oxygen atoms in total. The minimum absolute atomic E-state index is 0.0823. The number of Topliss-reactive ketones (excluding diaryl/α,β-unsaturated/α-hetero) is 1. The first-order valence-corrected chi connectivity index (χ1v) is 10.0. The molecular weight excluding hydrogens is 381 g/mol. The standard InChI is InChI=1S/C22H23Cl2NO2/c1-14(2)19-18(26)13-17(15-9-5-3-6-10-15)25(22(27)21(23)24)20(19)16-11-7-4-8-12-16/h3-12,14,17,19-21H,13H2,1-2H3/t17-,19+,20-/m0/s1. The van der Waals surface area contributed by atoms with E-state index >= 15 is 0 Å². The van der Waals surface area contributed by atoms with Gasteiger partial charge in [0.05, 0.1) is 12.1 Å². The highest BCUT2D eigenvalue weighted by atomic mass is 35.5. The van der Waals surface area contributed by atoms with Crippen LogP contribution in [0.3, 0.4) is 0 Å². The number of amides is 1. The number of hydrogen-bond acceptors (Lipinski definition) is 2. The number of carbonyl (C=O) groups is 2. The van der Waals surface area contributed by atoms with Crippen molar-refractivity contribution in [1.29, 1.82) is 0 Å². The minimum Gasteiger partial charge on any atom is -0.325 e. The zero-order chi connectivity index (χ0) is 19.6. The van der Waals surface area contributed by atoms with Gasteiger partial charge in [0.15, 0.2) is 4.84 Å². The largest absolute Gasteiger partial charge is 0.325 e. The number of benzene rings is 2. The van der Waals surface area contributed by atoms with Gasteiger partial charge in [0.25, 0.3) is 5.91 Å². The lowest BCUT2D eigenvalue weighted by Crippen LogP contribution is -2.51. The van der Waals surface area contributed by atoms with Gasteiger partial charge in [0.2, 0.25) is 0 Å². The van der Waals surface area contributed by atoms with Crippen molar-refractivity contribution in [1.82, 2.24) is 4.90 Å². The molecule has 0 spiro atoms. The molecule has 27 heavy (non-hydrogen) atoms. The second-order valence-corrected chi connectivity index (χ2v) is 8.36. The Bertz CT molecular complexity index is 792. The number of halogens is 2. The van der Waals surface area contributed by atoms with E-state index in [2.05, 4.69) is 0 Å². The van der Waals surface area contributed by atoms with Gasteiger partial charge in [-0.3, -0.25) is 9.59 Å². The number of rotatable bonds is 4.